The highest BCUT2D eigenvalue weighted by molar-refractivity contribution is 5.69. The molecule has 0 rings (SSSR count). The van der Waals surface area contributed by atoms with E-state index in [1.807, 2.05) is 0 Å². The molecule has 0 bridgehead atoms. The van der Waals surface area contributed by atoms with Crippen molar-refractivity contribution < 1.29 is 19.4 Å². The first-order chi connectivity index (χ1) is 22.6. The van der Waals surface area contributed by atoms with Gasteiger partial charge in [-0.1, -0.05) is 125 Å². The highest BCUT2D eigenvalue weighted by atomic mass is 16.5. The first-order valence-electron chi connectivity index (χ1n) is 18.6. The van der Waals surface area contributed by atoms with Crippen LogP contribution in [0.25, 0.3) is 0 Å². The second-order valence-electron chi connectivity index (χ2n) is 12.0. The quantitative estimate of drug-likeness (QED) is 0.0453. The van der Waals surface area contributed by atoms with Gasteiger partial charge >= 0.3 is 11.9 Å². The van der Waals surface area contributed by atoms with E-state index in [4.69, 9.17) is 9.84 Å². The van der Waals surface area contributed by atoms with Crippen LogP contribution in [0, 0.1) is 0 Å². The third-order valence-corrected chi connectivity index (χ3v) is 7.61. The fourth-order valence-electron chi connectivity index (χ4n) is 4.95. The van der Waals surface area contributed by atoms with E-state index in [0.29, 0.717) is 6.42 Å². The molecule has 1 atom stereocenters. The van der Waals surface area contributed by atoms with E-state index in [-0.39, 0.29) is 18.5 Å². The Morgan fingerprint density at radius 1 is 0.478 bits per heavy atom. The van der Waals surface area contributed by atoms with E-state index in [1.54, 1.807) is 0 Å². The molecule has 0 fully saturated rings. The zero-order valence-electron chi connectivity index (χ0n) is 29.6. The van der Waals surface area contributed by atoms with Crippen molar-refractivity contribution in [3.63, 3.8) is 0 Å². The maximum atomic E-state index is 12.6. The Bertz CT molecular complexity index is 903. The number of allylic oxidation sites excluding steroid dienone is 14. The summed E-state index contributed by atoms with van der Waals surface area (Å²) in [5, 5.41) is 8.81. The van der Waals surface area contributed by atoms with Crippen LogP contribution in [0.5, 0.6) is 0 Å². The summed E-state index contributed by atoms with van der Waals surface area (Å²) in [5.41, 5.74) is 0. The number of rotatable bonds is 32. The summed E-state index contributed by atoms with van der Waals surface area (Å²) in [6, 6.07) is 0. The minimum Gasteiger partial charge on any atom is -0.481 e. The second kappa shape index (κ2) is 36.6. The molecular weight excluding hydrogens is 568 g/mol. The van der Waals surface area contributed by atoms with Crippen LogP contribution in [0.4, 0.5) is 0 Å². The van der Waals surface area contributed by atoms with Crippen LogP contribution in [0.1, 0.15) is 162 Å². The molecule has 1 unspecified atom stereocenters. The summed E-state index contributed by atoms with van der Waals surface area (Å²) in [6.07, 6.45) is 53.0. The summed E-state index contributed by atoms with van der Waals surface area (Å²) in [4.78, 5) is 23.3. The zero-order chi connectivity index (χ0) is 33.6. The molecule has 0 spiro atoms. The Kier molecular flexibility index (Phi) is 34.3. The third-order valence-electron chi connectivity index (χ3n) is 7.61. The van der Waals surface area contributed by atoms with Crippen LogP contribution in [0.2, 0.25) is 0 Å². The molecule has 1 N–H and O–H groups in total. The predicted octanol–water partition coefficient (Wildman–Crippen LogP) is 12.9. The highest BCUT2D eigenvalue weighted by Crippen LogP contribution is 2.17. The Labute approximate surface area is 283 Å². The largest absolute Gasteiger partial charge is 0.481 e. The van der Waals surface area contributed by atoms with Crippen molar-refractivity contribution in [2.24, 2.45) is 0 Å². The maximum absolute atomic E-state index is 12.6. The Morgan fingerprint density at radius 2 is 0.848 bits per heavy atom. The van der Waals surface area contributed by atoms with Gasteiger partial charge in [0.2, 0.25) is 0 Å². The topological polar surface area (TPSA) is 63.6 Å². The van der Waals surface area contributed by atoms with Crippen LogP contribution < -0.4 is 0 Å². The lowest BCUT2D eigenvalue weighted by Gasteiger charge is -2.18. The Balaban J connectivity index is 4.26. The number of carboxylic acids is 1. The van der Waals surface area contributed by atoms with E-state index in [2.05, 4.69) is 98.9 Å². The molecule has 4 heteroatoms. The monoisotopic (exact) mass is 637 g/mol. The van der Waals surface area contributed by atoms with E-state index in [1.165, 1.54) is 0 Å². The molecule has 0 saturated carbocycles. The average molecular weight is 637 g/mol. The second-order valence-corrected chi connectivity index (χ2v) is 12.0. The van der Waals surface area contributed by atoms with E-state index in [9.17, 15) is 9.59 Å². The van der Waals surface area contributed by atoms with Crippen molar-refractivity contribution in [3.05, 3.63) is 85.1 Å². The summed E-state index contributed by atoms with van der Waals surface area (Å²) >= 11 is 0. The van der Waals surface area contributed by atoms with Gasteiger partial charge < -0.3 is 9.84 Å². The zero-order valence-corrected chi connectivity index (χ0v) is 29.6. The van der Waals surface area contributed by atoms with E-state index < -0.39 is 5.97 Å². The van der Waals surface area contributed by atoms with Crippen LogP contribution in [-0.2, 0) is 14.3 Å². The number of carbonyl (C=O) groups is 2. The summed E-state index contributed by atoms with van der Waals surface area (Å²) in [6.45, 7) is 4.31. The smallest absolute Gasteiger partial charge is 0.306 e. The standard InChI is InChI=1S/C42H68O4/c1-3-5-7-9-11-13-15-17-18-20-21-23-25-28-32-36-40(37-33-29-27-30-34-38-41(43)44)46-42(45)39-35-31-26-24-22-19-16-14-12-10-8-6-4-2/h5-8,11-14,17-19,21-23,40H,3-4,9-10,15-16,20,24-39H2,1-2H3,(H,43,44)/b7-5-,8-6-,13-11-,14-12-,18-17-,22-19-,23-21-. The molecule has 46 heavy (non-hydrogen) atoms. The van der Waals surface area contributed by atoms with E-state index in [0.717, 1.165) is 135 Å². The Morgan fingerprint density at radius 3 is 1.35 bits per heavy atom. The fraction of sp³-hybridized carbons (Fsp3) is 0.619. The fourth-order valence-corrected chi connectivity index (χ4v) is 4.95. The minimum absolute atomic E-state index is 0.00241. The highest BCUT2D eigenvalue weighted by Gasteiger charge is 2.14. The number of hydrogen-bond acceptors (Lipinski definition) is 3. The number of ether oxygens (including phenoxy) is 1. The molecule has 4 nitrogen and oxygen atoms in total. The van der Waals surface area contributed by atoms with Crippen LogP contribution in [0.3, 0.4) is 0 Å². The van der Waals surface area contributed by atoms with Gasteiger partial charge in [-0.25, -0.2) is 0 Å². The molecule has 260 valence electrons. The van der Waals surface area contributed by atoms with Gasteiger partial charge in [-0.05, 0) is 109 Å². The van der Waals surface area contributed by atoms with Gasteiger partial charge in [-0.3, -0.25) is 9.59 Å². The number of esters is 1. The summed E-state index contributed by atoms with van der Waals surface area (Å²) in [5.74, 6) is -0.768. The normalized spacial score (nSPS) is 13.3. The minimum atomic E-state index is -0.715. The van der Waals surface area contributed by atoms with Crippen LogP contribution >= 0.6 is 0 Å². The lowest BCUT2D eigenvalue weighted by atomic mass is 10.0. The predicted molar refractivity (Wildman–Crippen MR) is 199 cm³/mol. The van der Waals surface area contributed by atoms with Gasteiger partial charge in [0.15, 0.2) is 0 Å². The molecule has 0 aliphatic rings. The number of aliphatic carboxylic acids is 1. The van der Waals surface area contributed by atoms with Gasteiger partial charge in [-0.15, -0.1) is 0 Å². The molecule has 0 saturated heterocycles. The molecule has 0 aliphatic heterocycles. The molecule has 0 aromatic heterocycles. The van der Waals surface area contributed by atoms with Gasteiger partial charge in [0, 0.05) is 12.8 Å². The van der Waals surface area contributed by atoms with E-state index >= 15 is 0 Å². The molecule has 0 heterocycles. The summed E-state index contributed by atoms with van der Waals surface area (Å²) in [7, 11) is 0. The van der Waals surface area contributed by atoms with Crippen molar-refractivity contribution in [1.29, 1.82) is 0 Å². The van der Waals surface area contributed by atoms with Gasteiger partial charge in [0.1, 0.15) is 6.10 Å². The molecule has 0 aromatic rings. The number of unbranched alkanes of at least 4 members (excludes halogenated alkanes) is 9. The SMILES string of the molecule is CC/C=C\C/C=C\C/C=C\C/C=C\CCCCC(CCCCCCCC(=O)O)OC(=O)CCCCC/C=C\C/C=C\C/C=C\CC. The lowest BCUT2D eigenvalue weighted by molar-refractivity contribution is -0.150. The van der Waals surface area contributed by atoms with Gasteiger partial charge in [0.25, 0.3) is 0 Å². The first kappa shape index (κ1) is 43.1. The first-order valence-corrected chi connectivity index (χ1v) is 18.6. The van der Waals surface area contributed by atoms with Gasteiger partial charge in [0.05, 0.1) is 0 Å². The molecular formula is C42H68O4. The summed E-state index contributed by atoms with van der Waals surface area (Å²) < 4.78 is 5.96. The molecule has 0 radical (unpaired) electrons. The van der Waals surface area contributed by atoms with Crippen LogP contribution in [-0.4, -0.2) is 23.1 Å². The number of hydrogen-bond donors (Lipinski definition) is 1. The van der Waals surface area contributed by atoms with Crippen molar-refractivity contribution in [1.82, 2.24) is 0 Å². The average Bonchev–Trinajstić information content (AvgIpc) is 3.04. The lowest BCUT2D eigenvalue weighted by Crippen LogP contribution is -2.18. The van der Waals surface area contributed by atoms with Crippen LogP contribution in [0.15, 0.2) is 85.1 Å². The van der Waals surface area contributed by atoms with Crippen molar-refractivity contribution in [2.45, 2.75) is 168 Å². The molecule has 0 aliphatic carbocycles. The third kappa shape index (κ3) is 35.6. The maximum Gasteiger partial charge on any atom is 0.306 e. The molecule has 0 aromatic carbocycles. The number of carbonyl (C=O) groups excluding carboxylic acids is 1. The number of carboxylic acid groups (broad SMARTS) is 1. The van der Waals surface area contributed by atoms with Crippen molar-refractivity contribution in [3.8, 4) is 0 Å². The van der Waals surface area contributed by atoms with Gasteiger partial charge in [-0.2, -0.15) is 0 Å². The van der Waals surface area contributed by atoms with Crippen molar-refractivity contribution >= 4 is 11.9 Å². The van der Waals surface area contributed by atoms with Crippen molar-refractivity contribution in [2.75, 3.05) is 0 Å². The Hall–Kier alpha value is -2.88. The molecule has 0 amide bonds.